The van der Waals surface area contributed by atoms with Gasteiger partial charge in [0.15, 0.2) is 16.6 Å². The van der Waals surface area contributed by atoms with Crippen molar-refractivity contribution in [3.63, 3.8) is 0 Å². The summed E-state index contributed by atoms with van der Waals surface area (Å²) in [5.41, 5.74) is 11.5. The fourth-order valence-electron chi connectivity index (χ4n) is 4.38. The summed E-state index contributed by atoms with van der Waals surface area (Å²) in [6, 6.07) is 13.2. The van der Waals surface area contributed by atoms with Gasteiger partial charge in [-0.2, -0.15) is 5.12 Å². The Balaban J connectivity index is 1.76. The third kappa shape index (κ3) is 5.55. The number of fused-ring (bicyclic) bond motifs is 1. The van der Waals surface area contributed by atoms with Gasteiger partial charge in [-0.15, -0.1) is 0 Å². The van der Waals surface area contributed by atoms with E-state index in [0.29, 0.717) is 11.7 Å². The molecule has 1 heterocycles. The standard InChI is InChI=1S/C22H35N3O2Si2/c1-16-12-18(13-17(2)15-29(6,7)27-28(3,4)5)22(26)21(14-16)25-23-19-10-8-9-11-20(19)24-25/h8-12,14,17,23-24,26H,13,15H2,1-7H3. The van der Waals surface area contributed by atoms with Crippen LogP contribution in [-0.4, -0.2) is 21.7 Å². The van der Waals surface area contributed by atoms with Crippen LogP contribution in [0.25, 0.3) is 0 Å². The molecule has 0 spiro atoms. The summed E-state index contributed by atoms with van der Waals surface area (Å²) < 4.78 is 6.52. The van der Waals surface area contributed by atoms with Gasteiger partial charge in [0.1, 0.15) is 11.4 Å². The number of para-hydroxylation sites is 2. The number of anilines is 3. The van der Waals surface area contributed by atoms with E-state index in [4.69, 9.17) is 4.12 Å². The van der Waals surface area contributed by atoms with E-state index in [2.05, 4.69) is 63.5 Å². The number of nitrogens with one attached hydrogen (secondary N) is 2. The molecule has 1 atom stereocenters. The van der Waals surface area contributed by atoms with E-state index in [1.54, 1.807) is 5.12 Å². The van der Waals surface area contributed by atoms with Crippen LogP contribution in [0.15, 0.2) is 36.4 Å². The van der Waals surface area contributed by atoms with Crippen molar-refractivity contribution in [1.29, 1.82) is 0 Å². The van der Waals surface area contributed by atoms with E-state index >= 15 is 0 Å². The molecule has 0 bridgehead atoms. The molecule has 1 unspecified atom stereocenters. The van der Waals surface area contributed by atoms with Gasteiger partial charge in [-0.3, -0.25) is 10.9 Å². The van der Waals surface area contributed by atoms with Crippen LogP contribution in [0.5, 0.6) is 5.75 Å². The first-order valence-corrected chi connectivity index (χ1v) is 16.9. The van der Waals surface area contributed by atoms with Crippen molar-refractivity contribution in [1.82, 2.24) is 0 Å². The predicted octanol–water partition coefficient (Wildman–Crippen LogP) is 6.11. The van der Waals surface area contributed by atoms with E-state index in [9.17, 15) is 5.11 Å². The van der Waals surface area contributed by atoms with Crippen molar-refractivity contribution in [2.75, 3.05) is 16.0 Å². The molecule has 5 nitrogen and oxygen atoms in total. The third-order valence-electron chi connectivity index (χ3n) is 4.94. The van der Waals surface area contributed by atoms with Gasteiger partial charge in [0, 0.05) is 0 Å². The first-order chi connectivity index (χ1) is 13.4. The number of phenolic OH excluding ortho intramolecular Hbond substituents is 1. The summed E-state index contributed by atoms with van der Waals surface area (Å²) in [5, 5.41) is 12.9. The van der Waals surface area contributed by atoms with Crippen molar-refractivity contribution in [2.24, 2.45) is 5.92 Å². The minimum atomic E-state index is -1.72. The highest BCUT2D eigenvalue weighted by atomic mass is 28.4. The first-order valence-electron chi connectivity index (χ1n) is 10.4. The Labute approximate surface area is 177 Å². The van der Waals surface area contributed by atoms with Crippen molar-refractivity contribution >= 4 is 33.7 Å². The second-order valence-corrected chi connectivity index (χ2v) is 18.9. The lowest BCUT2D eigenvalue weighted by Crippen LogP contribution is -2.43. The second kappa shape index (κ2) is 8.04. The molecule has 158 valence electrons. The summed E-state index contributed by atoms with van der Waals surface area (Å²) in [7, 11) is -3.26. The van der Waals surface area contributed by atoms with Gasteiger partial charge in [-0.1, -0.05) is 25.1 Å². The van der Waals surface area contributed by atoms with Crippen LogP contribution in [0.3, 0.4) is 0 Å². The molecule has 0 saturated heterocycles. The second-order valence-electron chi connectivity index (χ2n) is 9.88. The van der Waals surface area contributed by atoms with Crippen LogP contribution in [0, 0.1) is 12.8 Å². The Morgan fingerprint density at radius 3 is 2.17 bits per heavy atom. The predicted molar refractivity (Wildman–Crippen MR) is 129 cm³/mol. The molecule has 0 fully saturated rings. The molecular formula is C22H35N3O2Si2. The highest BCUT2D eigenvalue weighted by Crippen LogP contribution is 2.39. The molecule has 2 aromatic rings. The number of hydrogen-bond donors (Lipinski definition) is 3. The summed E-state index contributed by atoms with van der Waals surface area (Å²) in [4.78, 5) is 0. The molecule has 29 heavy (non-hydrogen) atoms. The maximum Gasteiger partial charge on any atom is 0.173 e. The van der Waals surface area contributed by atoms with Gasteiger partial charge in [0.05, 0.1) is 11.4 Å². The van der Waals surface area contributed by atoms with E-state index in [1.165, 1.54) is 0 Å². The lowest BCUT2D eigenvalue weighted by molar-refractivity contribution is 0.459. The average Bonchev–Trinajstić information content (AvgIpc) is 2.98. The Bertz CT molecular complexity index is 856. The van der Waals surface area contributed by atoms with E-state index in [1.807, 2.05) is 30.3 Å². The van der Waals surface area contributed by atoms with Gasteiger partial charge in [0.2, 0.25) is 0 Å². The first kappa shape index (κ1) is 21.7. The molecular weight excluding hydrogens is 394 g/mol. The van der Waals surface area contributed by atoms with Gasteiger partial charge in [0.25, 0.3) is 0 Å². The zero-order chi connectivity index (χ0) is 21.4. The molecule has 1 aliphatic rings. The maximum atomic E-state index is 11.1. The normalized spacial score (nSPS) is 14.9. The Hall–Kier alpha value is -1.97. The average molecular weight is 430 g/mol. The SMILES string of the molecule is Cc1cc(CC(C)C[Si](C)(C)O[Si](C)(C)C)c(O)c(N2Nc3ccccc3N2)c1. The van der Waals surface area contributed by atoms with Crippen LogP contribution in [0.2, 0.25) is 38.8 Å². The molecule has 0 radical (unpaired) electrons. The number of hydrazine groups is 2. The zero-order valence-electron chi connectivity index (χ0n) is 18.8. The number of benzene rings is 2. The molecule has 0 saturated carbocycles. The van der Waals surface area contributed by atoms with Crippen LogP contribution in [0.4, 0.5) is 17.1 Å². The van der Waals surface area contributed by atoms with Crippen LogP contribution in [0.1, 0.15) is 18.1 Å². The van der Waals surface area contributed by atoms with E-state index in [0.717, 1.165) is 40.7 Å². The number of aromatic hydroxyl groups is 1. The van der Waals surface area contributed by atoms with Gasteiger partial charge in [-0.25, -0.2) is 0 Å². The molecule has 0 aromatic heterocycles. The van der Waals surface area contributed by atoms with Gasteiger partial charge < -0.3 is 9.22 Å². The van der Waals surface area contributed by atoms with Gasteiger partial charge in [-0.05, 0) is 87.4 Å². The quantitative estimate of drug-likeness (QED) is 0.464. The molecule has 7 heteroatoms. The number of aryl methyl sites for hydroxylation is 1. The summed E-state index contributed by atoms with van der Waals surface area (Å²) in [5.74, 6) is 0.783. The number of hydrogen-bond acceptors (Lipinski definition) is 5. The van der Waals surface area contributed by atoms with Crippen LogP contribution >= 0.6 is 0 Å². The summed E-state index contributed by atoms with van der Waals surface area (Å²) >= 11 is 0. The van der Waals surface area contributed by atoms with Crippen molar-refractivity contribution < 1.29 is 9.22 Å². The lowest BCUT2D eigenvalue weighted by atomic mass is 9.99. The minimum Gasteiger partial charge on any atom is -0.505 e. The smallest absolute Gasteiger partial charge is 0.173 e. The zero-order valence-corrected chi connectivity index (χ0v) is 20.8. The van der Waals surface area contributed by atoms with Crippen LogP contribution < -0.4 is 16.0 Å². The van der Waals surface area contributed by atoms with E-state index < -0.39 is 16.6 Å². The van der Waals surface area contributed by atoms with E-state index in [-0.39, 0.29) is 0 Å². The monoisotopic (exact) mass is 429 g/mol. The fraction of sp³-hybridized carbons (Fsp3) is 0.455. The molecule has 0 aliphatic carbocycles. The van der Waals surface area contributed by atoms with Crippen molar-refractivity contribution in [3.05, 3.63) is 47.5 Å². The number of rotatable bonds is 7. The van der Waals surface area contributed by atoms with Crippen molar-refractivity contribution in [3.8, 4) is 5.75 Å². The molecule has 3 rings (SSSR count). The highest BCUT2D eigenvalue weighted by Gasteiger charge is 2.31. The van der Waals surface area contributed by atoms with Crippen LogP contribution in [-0.2, 0) is 10.5 Å². The Morgan fingerprint density at radius 1 is 1.03 bits per heavy atom. The Kier molecular flexibility index (Phi) is 6.03. The highest BCUT2D eigenvalue weighted by molar-refractivity contribution is 6.84. The largest absolute Gasteiger partial charge is 0.505 e. The lowest BCUT2D eigenvalue weighted by Gasteiger charge is -2.33. The molecule has 1 aliphatic heterocycles. The third-order valence-corrected chi connectivity index (χ3v) is 11.3. The summed E-state index contributed by atoms with van der Waals surface area (Å²) in [6.45, 7) is 15.8. The maximum absolute atomic E-state index is 11.1. The molecule has 3 N–H and O–H groups in total. The molecule has 2 aromatic carbocycles. The number of nitrogens with zero attached hydrogens (tertiary/aromatic N) is 1. The van der Waals surface area contributed by atoms with Crippen molar-refractivity contribution in [2.45, 2.75) is 59.0 Å². The molecule has 0 amide bonds. The van der Waals surface area contributed by atoms with Gasteiger partial charge >= 0.3 is 0 Å². The Morgan fingerprint density at radius 2 is 1.62 bits per heavy atom. The number of phenols is 1. The summed E-state index contributed by atoms with van der Waals surface area (Å²) in [6.07, 6.45) is 0.840. The topological polar surface area (TPSA) is 56.8 Å². The minimum absolute atomic E-state index is 0.334. The fourth-order valence-corrected chi connectivity index (χ4v) is 13.2.